The molecular formula is C38H68O4. The summed E-state index contributed by atoms with van der Waals surface area (Å²) < 4.78 is 11.1. The van der Waals surface area contributed by atoms with Crippen molar-refractivity contribution in [2.75, 3.05) is 19.8 Å². The predicted octanol–water partition coefficient (Wildman–Crippen LogP) is 11.1. The third kappa shape index (κ3) is 32.9. The van der Waals surface area contributed by atoms with Crippen LogP contribution >= 0.6 is 0 Å². The zero-order valence-electron chi connectivity index (χ0n) is 27.8. The molecule has 0 saturated carbocycles. The quantitative estimate of drug-likeness (QED) is 0.0482. The van der Waals surface area contributed by atoms with E-state index in [-0.39, 0.29) is 19.2 Å². The fourth-order valence-corrected chi connectivity index (χ4v) is 4.75. The van der Waals surface area contributed by atoms with Gasteiger partial charge in [0.25, 0.3) is 0 Å². The molecule has 0 fully saturated rings. The summed E-state index contributed by atoms with van der Waals surface area (Å²) in [4.78, 5) is 12.1. The van der Waals surface area contributed by atoms with Gasteiger partial charge in [0, 0.05) is 13.0 Å². The van der Waals surface area contributed by atoms with Gasteiger partial charge in [-0.05, 0) is 70.6 Å². The van der Waals surface area contributed by atoms with E-state index in [9.17, 15) is 9.90 Å². The second kappa shape index (κ2) is 35.5. The van der Waals surface area contributed by atoms with Gasteiger partial charge in [-0.3, -0.25) is 4.79 Å². The third-order valence-electron chi connectivity index (χ3n) is 7.39. The maximum absolute atomic E-state index is 12.1. The van der Waals surface area contributed by atoms with E-state index in [0.717, 1.165) is 57.8 Å². The lowest BCUT2D eigenvalue weighted by Gasteiger charge is -2.15. The van der Waals surface area contributed by atoms with E-state index >= 15 is 0 Å². The van der Waals surface area contributed by atoms with Crippen molar-refractivity contribution in [3.8, 4) is 0 Å². The van der Waals surface area contributed by atoms with Crippen LogP contribution in [0, 0.1) is 0 Å². The number of carbonyl (C=O) groups excluding carboxylic acids is 1. The van der Waals surface area contributed by atoms with Crippen LogP contribution < -0.4 is 0 Å². The Labute approximate surface area is 261 Å². The minimum absolute atomic E-state index is 0.185. The number of unbranched alkanes of at least 4 members (excludes halogenated alkanes) is 16. The molecule has 4 heteroatoms. The van der Waals surface area contributed by atoms with Crippen LogP contribution in [0.15, 0.2) is 48.6 Å². The Morgan fingerprint density at radius 2 is 1.07 bits per heavy atom. The van der Waals surface area contributed by atoms with Gasteiger partial charge in [0.15, 0.2) is 0 Å². The Hall–Kier alpha value is -1.65. The molecule has 0 spiro atoms. The van der Waals surface area contributed by atoms with Gasteiger partial charge in [-0.1, -0.05) is 133 Å². The Kier molecular flexibility index (Phi) is 34.1. The highest BCUT2D eigenvalue weighted by atomic mass is 16.6. The average Bonchev–Trinajstić information content (AvgIpc) is 3.00. The van der Waals surface area contributed by atoms with Gasteiger partial charge < -0.3 is 14.6 Å². The Balaban J connectivity index is 3.51. The van der Waals surface area contributed by atoms with Gasteiger partial charge in [0.2, 0.25) is 0 Å². The number of carbonyl (C=O) groups is 1. The molecule has 0 bridgehead atoms. The monoisotopic (exact) mass is 589 g/mol. The van der Waals surface area contributed by atoms with Crippen molar-refractivity contribution in [2.24, 2.45) is 0 Å². The first-order valence-electron chi connectivity index (χ1n) is 17.7. The molecule has 42 heavy (non-hydrogen) atoms. The number of aliphatic hydroxyl groups excluding tert-OH is 1. The zero-order chi connectivity index (χ0) is 30.6. The minimum atomic E-state index is -0.549. The second-order valence-electron chi connectivity index (χ2n) is 11.6. The molecule has 1 atom stereocenters. The molecule has 0 saturated heterocycles. The van der Waals surface area contributed by atoms with Gasteiger partial charge in [0.05, 0.1) is 13.2 Å². The van der Waals surface area contributed by atoms with Crippen LogP contribution in [0.5, 0.6) is 0 Å². The zero-order valence-corrected chi connectivity index (χ0v) is 27.8. The van der Waals surface area contributed by atoms with Crippen molar-refractivity contribution in [3.05, 3.63) is 48.6 Å². The second-order valence-corrected chi connectivity index (χ2v) is 11.6. The van der Waals surface area contributed by atoms with Crippen molar-refractivity contribution < 1.29 is 19.4 Å². The summed E-state index contributed by atoms with van der Waals surface area (Å²) in [6.45, 7) is 5.17. The molecule has 0 aromatic heterocycles. The molecule has 244 valence electrons. The molecule has 0 aliphatic rings. The van der Waals surface area contributed by atoms with Gasteiger partial charge >= 0.3 is 5.97 Å². The van der Waals surface area contributed by atoms with E-state index in [1.54, 1.807) is 0 Å². The number of rotatable bonds is 32. The molecule has 0 aromatic carbocycles. The van der Waals surface area contributed by atoms with Crippen LogP contribution in [-0.4, -0.2) is 37.0 Å². The first-order valence-corrected chi connectivity index (χ1v) is 17.7. The lowest BCUT2D eigenvalue weighted by molar-refractivity contribution is -0.154. The minimum Gasteiger partial charge on any atom is -0.457 e. The first kappa shape index (κ1) is 40.4. The lowest BCUT2D eigenvalue weighted by atomic mass is 10.1. The van der Waals surface area contributed by atoms with Crippen LogP contribution in [0.2, 0.25) is 0 Å². The van der Waals surface area contributed by atoms with Crippen LogP contribution in [-0.2, 0) is 14.3 Å². The van der Waals surface area contributed by atoms with Crippen molar-refractivity contribution in [1.29, 1.82) is 0 Å². The highest BCUT2D eigenvalue weighted by Gasteiger charge is 2.13. The number of hydrogen-bond acceptors (Lipinski definition) is 4. The topological polar surface area (TPSA) is 55.8 Å². The number of ether oxygens (including phenoxy) is 2. The maximum Gasteiger partial charge on any atom is 0.306 e. The molecule has 1 N–H and O–H groups in total. The summed E-state index contributed by atoms with van der Waals surface area (Å²) in [5.41, 5.74) is 0. The Morgan fingerprint density at radius 1 is 0.595 bits per heavy atom. The van der Waals surface area contributed by atoms with E-state index in [2.05, 4.69) is 62.5 Å². The number of allylic oxidation sites excluding steroid dienone is 8. The molecule has 0 heterocycles. The highest BCUT2D eigenvalue weighted by Crippen LogP contribution is 2.11. The largest absolute Gasteiger partial charge is 0.457 e. The van der Waals surface area contributed by atoms with Crippen molar-refractivity contribution >= 4 is 5.97 Å². The molecule has 1 unspecified atom stereocenters. The van der Waals surface area contributed by atoms with E-state index < -0.39 is 6.10 Å². The summed E-state index contributed by atoms with van der Waals surface area (Å²) in [5.74, 6) is -0.220. The molecule has 0 aromatic rings. The summed E-state index contributed by atoms with van der Waals surface area (Å²) in [6, 6.07) is 0. The van der Waals surface area contributed by atoms with Crippen molar-refractivity contribution in [1.82, 2.24) is 0 Å². The van der Waals surface area contributed by atoms with Crippen molar-refractivity contribution in [3.63, 3.8) is 0 Å². The normalized spacial score (nSPS) is 12.9. The summed E-state index contributed by atoms with van der Waals surface area (Å²) >= 11 is 0. The van der Waals surface area contributed by atoms with Gasteiger partial charge in [-0.25, -0.2) is 0 Å². The standard InChI is InChI=1S/C38H68O4/c1-3-5-7-9-11-13-15-17-19-20-21-23-25-27-29-31-33-38(40)42-37(35-39)36-41-34-32-30-28-26-24-22-18-16-14-12-10-8-6-4-2/h6,8,12,14,18-20,22,37,39H,3-5,7,9-11,13,15-17,21,23-36H2,1-2H3/b8-6-,14-12-,20-19-,22-18-. The van der Waals surface area contributed by atoms with Crippen LogP contribution in [0.1, 0.15) is 162 Å². The van der Waals surface area contributed by atoms with E-state index in [1.165, 1.54) is 83.5 Å². The third-order valence-corrected chi connectivity index (χ3v) is 7.39. The number of esters is 1. The molecule has 0 radical (unpaired) electrons. The SMILES string of the molecule is CC/C=C\C/C=C\C/C=C\CCCCCCOCC(CO)OC(=O)CCCCCCC/C=C\CCCCCCCCC. The number of hydrogen-bond donors (Lipinski definition) is 1. The van der Waals surface area contributed by atoms with Gasteiger partial charge in [-0.2, -0.15) is 0 Å². The fourth-order valence-electron chi connectivity index (χ4n) is 4.75. The van der Waals surface area contributed by atoms with Crippen LogP contribution in [0.25, 0.3) is 0 Å². The van der Waals surface area contributed by atoms with Crippen LogP contribution in [0.4, 0.5) is 0 Å². The molecule has 0 aliphatic heterocycles. The molecular weight excluding hydrogens is 520 g/mol. The van der Waals surface area contributed by atoms with Crippen molar-refractivity contribution in [2.45, 2.75) is 168 Å². The number of aliphatic hydroxyl groups is 1. The smallest absolute Gasteiger partial charge is 0.306 e. The maximum atomic E-state index is 12.1. The molecule has 4 nitrogen and oxygen atoms in total. The first-order chi connectivity index (χ1) is 20.7. The van der Waals surface area contributed by atoms with E-state index in [1.807, 2.05) is 0 Å². The molecule has 0 rings (SSSR count). The summed E-state index contributed by atoms with van der Waals surface area (Å²) in [5, 5.41) is 9.54. The van der Waals surface area contributed by atoms with Gasteiger partial charge in [-0.15, -0.1) is 0 Å². The summed E-state index contributed by atoms with van der Waals surface area (Å²) in [7, 11) is 0. The van der Waals surface area contributed by atoms with Crippen LogP contribution in [0.3, 0.4) is 0 Å². The van der Waals surface area contributed by atoms with E-state index in [0.29, 0.717) is 13.0 Å². The highest BCUT2D eigenvalue weighted by molar-refractivity contribution is 5.69. The van der Waals surface area contributed by atoms with E-state index in [4.69, 9.17) is 9.47 Å². The molecule has 0 amide bonds. The lowest BCUT2D eigenvalue weighted by Crippen LogP contribution is -2.27. The fraction of sp³-hybridized carbons (Fsp3) is 0.763. The van der Waals surface area contributed by atoms with Gasteiger partial charge in [0.1, 0.15) is 6.10 Å². The average molecular weight is 589 g/mol. The molecule has 0 aliphatic carbocycles. The predicted molar refractivity (Wildman–Crippen MR) is 182 cm³/mol. The Bertz CT molecular complexity index is 664. The summed E-state index contributed by atoms with van der Waals surface area (Å²) in [6.07, 6.45) is 44.3. The Morgan fingerprint density at radius 3 is 1.64 bits per heavy atom.